The largest absolute Gasteiger partial charge is 0.497 e. The first kappa shape index (κ1) is 29.0. The molecule has 0 atom stereocenters. The third-order valence-corrected chi connectivity index (χ3v) is 8.40. The summed E-state index contributed by atoms with van der Waals surface area (Å²) >= 11 is 0. The number of aryl methyl sites for hydroxylation is 1. The van der Waals surface area contributed by atoms with Crippen molar-refractivity contribution in [1.82, 2.24) is 8.28 Å². The molecule has 0 N–H and O–H groups in total. The molecule has 9 nitrogen and oxygen atoms in total. The molecular weight excluding hydrogens is 530 g/mol. The first-order chi connectivity index (χ1) is 19.2. The van der Waals surface area contributed by atoms with Gasteiger partial charge in [-0.2, -0.15) is 12.7 Å². The molecule has 212 valence electrons. The number of hydrogen-bond donors (Lipinski definition) is 0. The van der Waals surface area contributed by atoms with E-state index in [4.69, 9.17) is 18.9 Å². The minimum Gasteiger partial charge on any atom is -0.497 e. The van der Waals surface area contributed by atoms with Crippen molar-refractivity contribution >= 4 is 10.2 Å². The van der Waals surface area contributed by atoms with Crippen LogP contribution in [0.3, 0.4) is 0 Å². The van der Waals surface area contributed by atoms with Crippen molar-refractivity contribution in [1.29, 1.82) is 0 Å². The third kappa shape index (κ3) is 6.24. The average molecular weight is 567 g/mol. The van der Waals surface area contributed by atoms with Gasteiger partial charge in [-0.15, -0.1) is 3.97 Å². The summed E-state index contributed by atoms with van der Waals surface area (Å²) in [7, 11) is 5.92. The number of ether oxygens (including phenoxy) is 4. The van der Waals surface area contributed by atoms with Crippen molar-refractivity contribution in [3.63, 3.8) is 0 Å². The number of hydrogen-bond acceptors (Lipinski definition) is 6. The maximum Gasteiger partial charge on any atom is 0.379 e. The molecule has 1 heterocycles. The molecule has 0 aliphatic heterocycles. The van der Waals surface area contributed by atoms with Crippen molar-refractivity contribution in [2.45, 2.75) is 19.4 Å². The lowest BCUT2D eigenvalue weighted by Gasteiger charge is -2.16. The Kier molecular flexibility index (Phi) is 9.01. The minimum atomic E-state index is -3.77. The zero-order valence-corrected chi connectivity index (χ0v) is 24.6. The van der Waals surface area contributed by atoms with E-state index in [1.807, 2.05) is 78.3 Å². The Morgan fingerprint density at radius 1 is 0.800 bits per heavy atom. The fourth-order valence-electron chi connectivity index (χ4n) is 4.45. The van der Waals surface area contributed by atoms with Crippen molar-refractivity contribution in [2.75, 3.05) is 35.4 Å². The summed E-state index contributed by atoms with van der Waals surface area (Å²) in [5.41, 5.74) is 4.35. The van der Waals surface area contributed by atoms with E-state index in [9.17, 15) is 8.42 Å². The van der Waals surface area contributed by atoms with Crippen molar-refractivity contribution < 1.29 is 31.9 Å². The zero-order chi connectivity index (χ0) is 28.9. The van der Waals surface area contributed by atoms with Gasteiger partial charge in [0.1, 0.15) is 12.4 Å². The van der Waals surface area contributed by atoms with Crippen LogP contribution in [0.1, 0.15) is 28.1 Å². The average Bonchev–Trinajstić information content (AvgIpc) is 3.27. The second-order valence-electron chi connectivity index (χ2n) is 9.51. The molecule has 0 saturated heterocycles. The van der Waals surface area contributed by atoms with Gasteiger partial charge < -0.3 is 18.9 Å². The smallest absolute Gasteiger partial charge is 0.379 e. The normalized spacial score (nSPS) is 11.5. The maximum absolute atomic E-state index is 13.3. The highest BCUT2D eigenvalue weighted by Gasteiger charge is 2.32. The van der Waals surface area contributed by atoms with Crippen molar-refractivity contribution in [3.8, 4) is 23.0 Å². The SMILES string of the molecule is COc1ccc(Cc2c(Cc3cc(OC)c(OCc4ccccc4)c(OC)c3)[n+](C)cn2S(=O)(=O)N(C)C)cc1. The highest BCUT2D eigenvalue weighted by molar-refractivity contribution is 7.87. The van der Waals surface area contributed by atoms with E-state index in [0.717, 1.165) is 28.1 Å². The first-order valence-corrected chi connectivity index (χ1v) is 14.1. The molecule has 0 amide bonds. The standard InChI is InChI=1S/C30H36N3O6S/c1-31(2)40(34,35)33-21-32(3)26(27(33)16-22-12-14-25(36-4)15-13-22)17-24-18-28(37-5)30(29(19-24)38-6)39-20-23-10-8-7-9-11-23/h7-15,18-19,21H,16-17,20H2,1-6H3/q+1. The molecule has 0 spiro atoms. The molecule has 0 unspecified atom stereocenters. The third-order valence-electron chi connectivity index (χ3n) is 6.66. The zero-order valence-electron chi connectivity index (χ0n) is 23.7. The van der Waals surface area contributed by atoms with Gasteiger partial charge in [-0.3, -0.25) is 0 Å². The van der Waals surface area contributed by atoms with Gasteiger partial charge in [0, 0.05) is 26.9 Å². The van der Waals surface area contributed by atoms with Crippen LogP contribution in [0.2, 0.25) is 0 Å². The van der Waals surface area contributed by atoms with Crippen LogP contribution in [0.4, 0.5) is 0 Å². The number of aromatic nitrogens is 2. The van der Waals surface area contributed by atoms with E-state index in [-0.39, 0.29) is 0 Å². The van der Waals surface area contributed by atoms with Crippen molar-refractivity contribution in [2.24, 2.45) is 7.05 Å². The van der Waals surface area contributed by atoms with Gasteiger partial charge in [-0.05, 0) is 41.0 Å². The molecular formula is C30H36N3O6S+. The van der Waals surface area contributed by atoms with Crippen LogP contribution in [0.15, 0.2) is 73.1 Å². The lowest BCUT2D eigenvalue weighted by atomic mass is 10.0. The predicted octanol–water partition coefficient (Wildman–Crippen LogP) is 3.75. The summed E-state index contributed by atoms with van der Waals surface area (Å²) in [4.78, 5) is 0. The highest BCUT2D eigenvalue weighted by atomic mass is 32.2. The van der Waals surface area contributed by atoms with Crippen molar-refractivity contribution in [3.05, 3.63) is 101 Å². The molecule has 1 aromatic heterocycles. The van der Waals surface area contributed by atoms with E-state index in [1.165, 1.54) is 22.4 Å². The number of methoxy groups -OCH3 is 3. The predicted molar refractivity (Wildman–Crippen MR) is 153 cm³/mol. The summed E-state index contributed by atoms with van der Waals surface area (Å²) in [5.74, 6) is 2.31. The van der Waals surface area contributed by atoms with Gasteiger partial charge in [-0.1, -0.05) is 42.5 Å². The summed E-state index contributed by atoms with van der Waals surface area (Å²) in [6.45, 7) is 0.360. The second kappa shape index (κ2) is 12.4. The van der Waals surface area contributed by atoms with Gasteiger partial charge in [0.05, 0.1) is 28.4 Å². The molecule has 4 rings (SSSR count). The Balaban J connectivity index is 1.74. The Bertz CT molecular complexity index is 1520. The highest BCUT2D eigenvalue weighted by Crippen LogP contribution is 2.39. The molecule has 40 heavy (non-hydrogen) atoms. The molecule has 0 fully saturated rings. The quantitative estimate of drug-likeness (QED) is 0.243. The monoisotopic (exact) mass is 566 g/mol. The van der Waals surface area contributed by atoms with E-state index in [1.54, 1.807) is 27.7 Å². The van der Waals surface area contributed by atoms with Crippen LogP contribution >= 0.6 is 0 Å². The van der Waals surface area contributed by atoms with Gasteiger partial charge in [0.15, 0.2) is 22.9 Å². The fourth-order valence-corrected chi connectivity index (χ4v) is 5.51. The minimum absolute atomic E-state index is 0.360. The number of imidazole rings is 1. The van der Waals surface area contributed by atoms with Gasteiger partial charge >= 0.3 is 10.2 Å². The molecule has 0 aliphatic rings. The topological polar surface area (TPSA) is 83.1 Å². The Morgan fingerprint density at radius 3 is 1.98 bits per heavy atom. The van der Waals surface area contributed by atoms with Crippen LogP contribution in [-0.4, -0.2) is 52.1 Å². The van der Waals surface area contributed by atoms with Crippen LogP contribution < -0.4 is 23.5 Å². The molecule has 0 radical (unpaired) electrons. The summed E-state index contributed by atoms with van der Waals surface area (Å²) < 4.78 is 53.8. The molecule has 10 heteroatoms. The van der Waals surface area contributed by atoms with Crippen LogP contribution in [-0.2, 0) is 36.7 Å². The molecule has 3 aromatic carbocycles. The maximum atomic E-state index is 13.3. The Labute approximate surface area is 236 Å². The number of nitrogens with zero attached hydrogens (tertiary/aromatic N) is 3. The molecule has 0 saturated carbocycles. The molecule has 0 bridgehead atoms. The summed E-state index contributed by atoms with van der Waals surface area (Å²) in [6, 6.07) is 21.3. The molecule has 0 aliphatic carbocycles. The summed E-state index contributed by atoms with van der Waals surface area (Å²) in [6.07, 6.45) is 2.44. The second-order valence-corrected chi connectivity index (χ2v) is 11.5. The van der Waals surface area contributed by atoms with Gasteiger partial charge in [-0.25, -0.2) is 4.57 Å². The van der Waals surface area contributed by atoms with Crippen LogP contribution in [0.25, 0.3) is 0 Å². The van der Waals surface area contributed by atoms with E-state index < -0.39 is 10.2 Å². The number of benzene rings is 3. The Hall–Kier alpha value is -4.02. The lowest BCUT2D eigenvalue weighted by Crippen LogP contribution is -2.32. The van der Waals surface area contributed by atoms with Crippen LogP contribution in [0.5, 0.6) is 23.0 Å². The van der Waals surface area contributed by atoms with E-state index in [2.05, 4.69) is 0 Å². The van der Waals surface area contributed by atoms with Crippen LogP contribution in [0, 0.1) is 0 Å². The number of rotatable bonds is 12. The van der Waals surface area contributed by atoms with E-state index >= 15 is 0 Å². The van der Waals surface area contributed by atoms with Gasteiger partial charge in [0.2, 0.25) is 5.75 Å². The summed E-state index contributed by atoms with van der Waals surface area (Å²) in [5, 5.41) is 0. The fraction of sp³-hybridized carbons (Fsp3) is 0.300. The molecule has 4 aromatic rings. The van der Waals surface area contributed by atoms with Gasteiger partial charge in [0.25, 0.3) is 6.33 Å². The Morgan fingerprint density at radius 2 is 1.43 bits per heavy atom. The van der Waals surface area contributed by atoms with E-state index in [0.29, 0.717) is 42.4 Å². The lowest BCUT2D eigenvalue weighted by molar-refractivity contribution is -0.677. The first-order valence-electron chi connectivity index (χ1n) is 12.7.